The van der Waals surface area contributed by atoms with Gasteiger partial charge in [0.25, 0.3) is 0 Å². The van der Waals surface area contributed by atoms with Crippen molar-refractivity contribution in [2.75, 3.05) is 13.1 Å². The number of aliphatic hydroxyl groups is 5. The van der Waals surface area contributed by atoms with E-state index >= 15 is 0 Å². The van der Waals surface area contributed by atoms with E-state index in [4.69, 9.17) is 0 Å². The van der Waals surface area contributed by atoms with Crippen molar-refractivity contribution in [1.29, 1.82) is 0 Å². The van der Waals surface area contributed by atoms with Crippen molar-refractivity contribution in [2.24, 2.45) is 0 Å². The molecule has 0 radical (unpaired) electrons. The topological polar surface area (TPSA) is 104 Å². The van der Waals surface area contributed by atoms with Gasteiger partial charge in [0.2, 0.25) is 0 Å². The molecule has 0 bridgehead atoms. The van der Waals surface area contributed by atoms with Crippen molar-refractivity contribution in [3.63, 3.8) is 0 Å². The molecule has 0 saturated carbocycles. The molecule has 2 fully saturated rings. The first-order valence-corrected chi connectivity index (χ1v) is 4.66. The zero-order chi connectivity index (χ0) is 10.5. The summed E-state index contributed by atoms with van der Waals surface area (Å²) in [5, 5.41) is 47.2. The SMILES string of the molecule is O[C@@H]1[C@@H](O)[C@H](O)CN2C[C@@H](O)[C@@H](O)[C@H]12. The number of piperidine rings is 1. The predicted molar refractivity (Wildman–Crippen MR) is 45.4 cm³/mol. The van der Waals surface area contributed by atoms with Crippen molar-refractivity contribution in [3.8, 4) is 0 Å². The molecule has 0 unspecified atom stereocenters. The quantitative estimate of drug-likeness (QED) is 0.281. The van der Waals surface area contributed by atoms with Gasteiger partial charge in [-0.25, -0.2) is 0 Å². The number of rotatable bonds is 0. The van der Waals surface area contributed by atoms with E-state index in [-0.39, 0.29) is 13.1 Å². The summed E-state index contributed by atoms with van der Waals surface area (Å²) in [5.41, 5.74) is 0. The zero-order valence-electron chi connectivity index (χ0n) is 7.56. The van der Waals surface area contributed by atoms with Gasteiger partial charge in [-0.1, -0.05) is 0 Å². The Morgan fingerprint density at radius 2 is 1.21 bits per heavy atom. The van der Waals surface area contributed by atoms with Crippen LogP contribution in [0.2, 0.25) is 0 Å². The molecule has 0 aromatic heterocycles. The van der Waals surface area contributed by atoms with Crippen LogP contribution in [-0.2, 0) is 0 Å². The van der Waals surface area contributed by atoms with Gasteiger partial charge in [0.15, 0.2) is 0 Å². The monoisotopic (exact) mass is 205 g/mol. The summed E-state index contributed by atoms with van der Waals surface area (Å²) in [6.45, 7) is 0.379. The van der Waals surface area contributed by atoms with Gasteiger partial charge in [-0.15, -0.1) is 0 Å². The molecule has 2 aliphatic heterocycles. The van der Waals surface area contributed by atoms with E-state index in [2.05, 4.69) is 0 Å². The summed E-state index contributed by atoms with van der Waals surface area (Å²) < 4.78 is 0. The van der Waals surface area contributed by atoms with Gasteiger partial charge in [0.1, 0.15) is 12.2 Å². The third-order valence-corrected chi connectivity index (χ3v) is 3.10. The Balaban J connectivity index is 2.18. The fourth-order valence-electron chi connectivity index (χ4n) is 2.31. The molecular formula is C8H15NO5. The van der Waals surface area contributed by atoms with Gasteiger partial charge in [-0.2, -0.15) is 0 Å². The summed E-state index contributed by atoms with van der Waals surface area (Å²) in [6, 6.07) is -0.677. The van der Waals surface area contributed by atoms with Crippen LogP contribution in [0.25, 0.3) is 0 Å². The lowest BCUT2D eigenvalue weighted by atomic mass is 9.93. The van der Waals surface area contributed by atoms with Gasteiger partial charge in [0.05, 0.1) is 24.4 Å². The van der Waals surface area contributed by atoms with Crippen LogP contribution < -0.4 is 0 Å². The predicted octanol–water partition coefficient (Wildman–Crippen LogP) is -3.51. The van der Waals surface area contributed by atoms with E-state index in [1.54, 1.807) is 4.90 Å². The van der Waals surface area contributed by atoms with Gasteiger partial charge < -0.3 is 25.5 Å². The average molecular weight is 205 g/mol. The average Bonchev–Trinajstić information content (AvgIpc) is 2.39. The first-order chi connectivity index (χ1) is 6.52. The van der Waals surface area contributed by atoms with E-state index in [9.17, 15) is 25.5 Å². The van der Waals surface area contributed by atoms with Crippen LogP contribution >= 0.6 is 0 Å². The third kappa shape index (κ3) is 1.35. The standard InChI is InChI=1S/C8H15NO5/c10-3-1-9-2-4(11)7(13)8(14)5(9)6(3)12/h3-8,10-14H,1-2H2/t3-,4-,5-,6-,7+,8+/m1/s1. The number of fused-ring (bicyclic) bond motifs is 1. The van der Waals surface area contributed by atoms with Crippen LogP contribution in [0.4, 0.5) is 0 Å². The van der Waals surface area contributed by atoms with Gasteiger partial charge >= 0.3 is 0 Å². The van der Waals surface area contributed by atoms with E-state index in [1.807, 2.05) is 0 Å². The van der Waals surface area contributed by atoms with Gasteiger partial charge in [0, 0.05) is 13.1 Å². The highest BCUT2D eigenvalue weighted by atomic mass is 16.4. The van der Waals surface area contributed by atoms with E-state index in [1.165, 1.54) is 0 Å². The fourth-order valence-corrected chi connectivity index (χ4v) is 2.31. The van der Waals surface area contributed by atoms with Crippen molar-refractivity contribution in [1.82, 2.24) is 4.90 Å². The zero-order valence-corrected chi connectivity index (χ0v) is 7.56. The highest BCUT2D eigenvalue weighted by molar-refractivity contribution is 5.04. The molecule has 5 N–H and O–H groups in total. The van der Waals surface area contributed by atoms with Crippen molar-refractivity contribution < 1.29 is 25.5 Å². The number of hydrogen-bond donors (Lipinski definition) is 5. The minimum absolute atomic E-state index is 0.164. The third-order valence-electron chi connectivity index (χ3n) is 3.10. The van der Waals surface area contributed by atoms with E-state index < -0.39 is 36.6 Å². The van der Waals surface area contributed by atoms with Crippen LogP contribution in [0.5, 0.6) is 0 Å². The number of nitrogens with zero attached hydrogens (tertiary/aromatic N) is 1. The van der Waals surface area contributed by atoms with Crippen molar-refractivity contribution >= 4 is 0 Å². The lowest BCUT2D eigenvalue weighted by molar-refractivity contribution is -0.142. The summed E-state index contributed by atoms with van der Waals surface area (Å²) >= 11 is 0. The Labute approximate surface area is 81.0 Å². The molecule has 14 heavy (non-hydrogen) atoms. The summed E-state index contributed by atoms with van der Waals surface area (Å²) in [6.07, 6.45) is -5.49. The van der Waals surface area contributed by atoms with Crippen LogP contribution in [-0.4, -0.2) is 80.1 Å². The van der Waals surface area contributed by atoms with Crippen molar-refractivity contribution in [3.05, 3.63) is 0 Å². The van der Waals surface area contributed by atoms with E-state index in [0.717, 1.165) is 0 Å². The minimum atomic E-state index is -1.25. The molecule has 0 aliphatic carbocycles. The molecule has 6 nitrogen and oxygen atoms in total. The molecule has 2 heterocycles. The fraction of sp³-hybridized carbons (Fsp3) is 1.00. The lowest BCUT2D eigenvalue weighted by Crippen LogP contribution is -2.61. The Bertz CT molecular complexity index is 224. The minimum Gasteiger partial charge on any atom is -0.389 e. The highest BCUT2D eigenvalue weighted by Gasteiger charge is 2.51. The summed E-state index contributed by atoms with van der Waals surface area (Å²) in [4.78, 5) is 1.59. The Hall–Kier alpha value is -0.240. The largest absolute Gasteiger partial charge is 0.389 e. The molecule has 6 atom stereocenters. The molecule has 2 rings (SSSR count). The van der Waals surface area contributed by atoms with Crippen LogP contribution in [0.15, 0.2) is 0 Å². The Kier molecular flexibility index (Phi) is 2.50. The number of hydrogen-bond acceptors (Lipinski definition) is 6. The van der Waals surface area contributed by atoms with Crippen molar-refractivity contribution in [2.45, 2.75) is 36.6 Å². The van der Waals surface area contributed by atoms with Crippen LogP contribution in [0.3, 0.4) is 0 Å². The maximum absolute atomic E-state index is 9.58. The van der Waals surface area contributed by atoms with Crippen LogP contribution in [0, 0.1) is 0 Å². The molecule has 2 aliphatic rings. The first kappa shape index (κ1) is 10.3. The molecule has 0 aromatic carbocycles. The van der Waals surface area contributed by atoms with Gasteiger partial charge in [-0.05, 0) is 0 Å². The number of aliphatic hydroxyl groups excluding tert-OH is 5. The molecule has 0 amide bonds. The maximum Gasteiger partial charge on any atom is 0.109 e. The highest BCUT2D eigenvalue weighted by Crippen LogP contribution is 2.28. The Morgan fingerprint density at radius 3 is 1.79 bits per heavy atom. The molecular weight excluding hydrogens is 190 g/mol. The second-order valence-electron chi connectivity index (χ2n) is 4.05. The molecule has 0 aromatic rings. The second-order valence-corrected chi connectivity index (χ2v) is 4.05. The second kappa shape index (κ2) is 3.41. The summed E-state index contributed by atoms with van der Waals surface area (Å²) in [5.74, 6) is 0. The lowest BCUT2D eigenvalue weighted by Gasteiger charge is -2.40. The Morgan fingerprint density at radius 1 is 0.714 bits per heavy atom. The normalized spacial score (nSPS) is 54.6. The molecule has 2 saturated heterocycles. The van der Waals surface area contributed by atoms with Gasteiger partial charge in [-0.3, -0.25) is 4.90 Å². The maximum atomic E-state index is 9.58. The first-order valence-electron chi connectivity index (χ1n) is 4.66. The van der Waals surface area contributed by atoms with Crippen LogP contribution in [0.1, 0.15) is 0 Å². The summed E-state index contributed by atoms with van der Waals surface area (Å²) in [7, 11) is 0. The molecule has 0 spiro atoms. The smallest absolute Gasteiger partial charge is 0.109 e. The molecule has 6 heteroatoms. The van der Waals surface area contributed by atoms with E-state index in [0.29, 0.717) is 0 Å². The molecule has 82 valence electrons.